The molecule has 0 saturated carbocycles. The van der Waals surface area contributed by atoms with Gasteiger partial charge < -0.3 is 15.1 Å². The van der Waals surface area contributed by atoms with Gasteiger partial charge in [-0.2, -0.15) is 11.3 Å². The molecule has 2 atom stereocenters. The average molecular weight is 295 g/mol. The standard InChI is InChI=1S/C13H14FN3O2S/c14-10-3-15-13(16-12(10)8-1-2-20-7-8)17-4-9(6-18)11(19)5-17/h1-3,7,9,11,18-19H,4-6H2. The molecule has 7 heteroatoms. The summed E-state index contributed by atoms with van der Waals surface area (Å²) in [6.45, 7) is 0.725. The van der Waals surface area contributed by atoms with E-state index in [1.54, 1.807) is 11.0 Å². The zero-order chi connectivity index (χ0) is 14.1. The van der Waals surface area contributed by atoms with E-state index in [0.29, 0.717) is 19.0 Å². The van der Waals surface area contributed by atoms with Gasteiger partial charge >= 0.3 is 0 Å². The second-order valence-electron chi connectivity index (χ2n) is 4.79. The SMILES string of the molecule is OCC1CN(c2ncc(F)c(-c3ccsc3)n2)CC1O. The summed E-state index contributed by atoms with van der Waals surface area (Å²) in [5, 5.41) is 22.6. The van der Waals surface area contributed by atoms with E-state index in [0.717, 1.165) is 11.8 Å². The minimum absolute atomic E-state index is 0.0871. The molecule has 1 aliphatic heterocycles. The molecule has 1 saturated heterocycles. The maximum Gasteiger partial charge on any atom is 0.226 e. The van der Waals surface area contributed by atoms with Gasteiger partial charge in [0, 0.05) is 30.0 Å². The highest BCUT2D eigenvalue weighted by Gasteiger charge is 2.32. The highest BCUT2D eigenvalue weighted by Crippen LogP contribution is 2.26. The van der Waals surface area contributed by atoms with Crippen LogP contribution in [0.3, 0.4) is 0 Å². The van der Waals surface area contributed by atoms with Crippen molar-refractivity contribution < 1.29 is 14.6 Å². The van der Waals surface area contributed by atoms with Crippen LogP contribution in [-0.2, 0) is 0 Å². The van der Waals surface area contributed by atoms with Crippen molar-refractivity contribution in [1.82, 2.24) is 9.97 Å². The van der Waals surface area contributed by atoms with Crippen molar-refractivity contribution in [1.29, 1.82) is 0 Å². The Bertz CT molecular complexity index is 593. The van der Waals surface area contributed by atoms with Gasteiger partial charge in [-0.05, 0) is 11.4 Å². The van der Waals surface area contributed by atoms with Gasteiger partial charge in [0.15, 0.2) is 5.82 Å². The average Bonchev–Trinajstić information content (AvgIpc) is 3.08. The zero-order valence-electron chi connectivity index (χ0n) is 10.6. The molecule has 1 aliphatic rings. The molecule has 0 aromatic carbocycles. The van der Waals surface area contributed by atoms with E-state index >= 15 is 0 Å². The fraction of sp³-hybridized carbons (Fsp3) is 0.385. The minimum atomic E-state index is -0.613. The van der Waals surface area contributed by atoms with Crippen LogP contribution in [0.4, 0.5) is 10.3 Å². The number of aliphatic hydroxyl groups excluding tert-OH is 2. The summed E-state index contributed by atoms with van der Waals surface area (Å²) in [5.41, 5.74) is 0.979. The lowest BCUT2D eigenvalue weighted by atomic mass is 10.1. The monoisotopic (exact) mass is 295 g/mol. The summed E-state index contributed by atoms with van der Waals surface area (Å²) in [7, 11) is 0. The Kier molecular flexibility index (Phi) is 3.64. The molecular weight excluding hydrogens is 281 g/mol. The number of hydrogen-bond acceptors (Lipinski definition) is 6. The molecule has 2 unspecified atom stereocenters. The Morgan fingerprint density at radius 1 is 1.45 bits per heavy atom. The zero-order valence-corrected chi connectivity index (χ0v) is 11.4. The summed E-state index contributed by atoms with van der Waals surface area (Å²) in [4.78, 5) is 10.0. The molecule has 20 heavy (non-hydrogen) atoms. The predicted molar refractivity (Wildman–Crippen MR) is 74.1 cm³/mol. The second-order valence-corrected chi connectivity index (χ2v) is 5.57. The first-order valence-electron chi connectivity index (χ1n) is 6.28. The van der Waals surface area contributed by atoms with Gasteiger partial charge in [-0.3, -0.25) is 0 Å². The van der Waals surface area contributed by atoms with E-state index in [1.807, 2.05) is 10.8 Å². The topological polar surface area (TPSA) is 69.5 Å². The third-order valence-electron chi connectivity index (χ3n) is 3.45. The number of halogens is 1. The predicted octanol–water partition coefficient (Wildman–Crippen LogP) is 1.13. The molecule has 0 spiro atoms. The van der Waals surface area contributed by atoms with Crippen LogP contribution in [0.25, 0.3) is 11.3 Å². The molecule has 5 nitrogen and oxygen atoms in total. The van der Waals surface area contributed by atoms with Crippen LogP contribution in [0.1, 0.15) is 0 Å². The summed E-state index contributed by atoms with van der Waals surface area (Å²) >= 11 is 1.47. The van der Waals surface area contributed by atoms with Crippen molar-refractivity contribution in [3.05, 3.63) is 28.8 Å². The maximum atomic E-state index is 13.8. The maximum absolute atomic E-state index is 13.8. The van der Waals surface area contributed by atoms with Crippen LogP contribution in [0.2, 0.25) is 0 Å². The van der Waals surface area contributed by atoms with Crippen molar-refractivity contribution in [2.75, 3.05) is 24.6 Å². The molecule has 2 aromatic heterocycles. The van der Waals surface area contributed by atoms with Crippen molar-refractivity contribution in [2.45, 2.75) is 6.10 Å². The number of thiophene rings is 1. The second kappa shape index (κ2) is 5.43. The number of nitrogens with zero attached hydrogens (tertiary/aromatic N) is 3. The van der Waals surface area contributed by atoms with Crippen molar-refractivity contribution in [3.63, 3.8) is 0 Å². The van der Waals surface area contributed by atoms with Crippen LogP contribution in [0, 0.1) is 11.7 Å². The Morgan fingerprint density at radius 2 is 2.30 bits per heavy atom. The quantitative estimate of drug-likeness (QED) is 0.888. The summed E-state index contributed by atoms with van der Waals surface area (Å²) < 4.78 is 13.8. The van der Waals surface area contributed by atoms with Crippen LogP contribution in [-0.4, -0.2) is 46.0 Å². The lowest BCUT2D eigenvalue weighted by molar-refractivity contribution is 0.104. The lowest BCUT2D eigenvalue weighted by Crippen LogP contribution is -2.23. The van der Waals surface area contributed by atoms with Crippen LogP contribution >= 0.6 is 11.3 Å². The first-order chi connectivity index (χ1) is 9.69. The number of hydrogen-bond donors (Lipinski definition) is 2. The first-order valence-corrected chi connectivity index (χ1v) is 7.22. The van der Waals surface area contributed by atoms with E-state index < -0.39 is 11.9 Å². The molecule has 2 N–H and O–H groups in total. The molecular formula is C13H14FN3O2S. The Hall–Kier alpha value is -1.57. The number of aliphatic hydroxyl groups is 2. The Balaban J connectivity index is 1.90. The summed E-state index contributed by atoms with van der Waals surface area (Å²) in [6.07, 6.45) is 0.534. The first kappa shape index (κ1) is 13.4. The minimum Gasteiger partial charge on any atom is -0.396 e. The third kappa shape index (κ3) is 2.39. The smallest absolute Gasteiger partial charge is 0.226 e. The summed E-state index contributed by atoms with van der Waals surface area (Å²) in [6, 6.07) is 1.80. The summed E-state index contributed by atoms with van der Waals surface area (Å²) in [5.74, 6) is -0.304. The van der Waals surface area contributed by atoms with Gasteiger partial charge in [-0.15, -0.1) is 0 Å². The molecule has 2 aromatic rings. The van der Waals surface area contributed by atoms with E-state index in [4.69, 9.17) is 5.11 Å². The van der Waals surface area contributed by atoms with Crippen LogP contribution < -0.4 is 4.90 Å². The van der Waals surface area contributed by atoms with Crippen molar-refractivity contribution in [3.8, 4) is 11.3 Å². The van der Waals surface area contributed by atoms with E-state index in [2.05, 4.69) is 9.97 Å². The van der Waals surface area contributed by atoms with Crippen molar-refractivity contribution in [2.24, 2.45) is 5.92 Å². The molecule has 1 fully saturated rings. The van der Waals surface area contributed by atoms with Crippen LogP contribution in [0.15, 0.2) is 23.0 Å². The van der Waals surface area contributed by atoms with E-state index in [9.17, 15) is 9.50 Å². The number of anilines is 1. The number of rotatable bonds is 3. The Morgan fingerprint density at radius 3 is 2.95 bits per heavy atom. The molecule has 3 rings (SSSR count). The van der Waals surface area contributed by atoms with Gasteiger partial charge in [-0.25, -0.2) is 14.4 Å². The van der Waals surface area contributed by atoms with E-state index in [1.165, 1.54) is 11.3 Å². The number of aromatic nitrogens is 2. The third-order valence-corrected chi connectivity index (χ3v) is 4.13. The molecule has 0 bridgehead atoms. The lowest BCUT2D eigenvalue weighted by Gasteiger charge is -2.16. The van der Waals surface area contributed by atoms with Gasteiger partial charge in [0.05, 0.1) is 18.9 Å². The normalized spacial score (nSPS) is 22.4. The van der Waals surface area contributed by atoms with Gasteiger partial charge in [0.25, 0.3) is 0 Å². The van der Waals surface area contributed by atoms with Gasteiger partial charge in [0.2, 0.25) is 5.95 Å². The van der Waals surface area contributed by atoms with E-state index in [-0.39, 0.29) is 18.2 Å². The van der Waals surface area contributed by atoms with Gasteiger partial charge in [0.1, 0.15) is 5.69 Å². The van der Waals surface area contributed by atoms with Crippen molar-refractivity contribution >= 4 is 17.3 Å². The molecule has 3 heterocycles. The molecule has 0 amide bonds. The highest BCUT2D eigenvalue weighted by atomic mass is 32.1. The molecule has 0 aliphatic carbocycles. The molecule has 0 radical (unpaired) electrons. The molecule has 106 valence electrons. The fourth-order valence-electron chi connectivity index (χ4n) is 2.31. The highest BCUT2D eigenvalue weighted by molar-refractivity contribution is 7.08. The Labute approximate surface area is 119 Å². The van der Waals surface area contributed by atoms with Crippen LogP contribution in [0.5, 0.6) is 0 Å². The largest absolute Gasteiger partial charge is 0.396 e. The fourth-order valence-corrected chi connectivity index (χ4v) is 2.95. The number of β-amino-alcohol motifs (C(OH)–C–C–N with tert-alkyl or cyclic N) is 1. The van der Waals surface area contributed by atoms with Gasteiger partial charge in [-0.1, -0.05) is 0 Å².